The molecule has 0 radical (unpaired) electrons. The molecule has 0 aromatic rings. The Morgan fingerprint density at radius 3 is 2.56 bits per heavy atom. The zero-order chi connectivity index (χ0) is 13.9. The largest absolute Gasteiger partial charge is 0.480 e. The smallest absolute Gasteiger partial charge is 0.327 e. The molecular formula is C12H22N2O3S. The number of carboxylic acid groups (broad SMARTS) is 1. The highest BCUT2D eigenvalue weighted by Gasteiger charge is 2.42. The molecule has 3 N–H and O–H groups in total. The van der Waals surface area contributed by atoms with E-state index in [-0.39, 0.29) is 17.2 Å². The second-order valence-corrected chi connectivity index (χ2v) is 5.92. The molecule has 18 heavy (non-hydrogen) atoms. The van der Waals surface area contributed by atoms with Gasteiger partial charge in [-0.3, -0.25) is 4.79 Å². The first-order valence-corrected chi connectivity index (χ1v) is 7.41. The fourth-order valence-electron chi connectivity index (χ4n) is 2.03. The standard InChI is InChI=1S/C12H22N2O3S/c1-4-7(3)10(13)11(15)14-8(12(16)17)6-18-9(14)5-2/h7-10H,4-6,13H2,1-3H3,(H,16,17)/t7-,8?,9?,10-/m0/s1. The number of aliphatic carboxylic acids is 1. The molecule has 6 heteroatoms. The van der Waals surface area contributed by atoms with Crippen LogP contribution in [0.25, 0.3) is 0 Å². The van der Waals surface area contributed by atoms with Crippen LogP contribution in [0.15, 0.2) is 0 Å². The van der Waals surface area contributed by atoms with Crippen molar-refractivity contribution in [1.29, 1.82) is 0 Å². The topological polar surface area (TPSA) is 83.6 Å². The molecular weight excluding hydrogens is 252 g/mol. The van der Waals surface area contributed by atoms with Crippen molar-refractivity contribution in [3.63, 3.8) is 0 Å². The Morgan fingerprint density at radius 1 is 1.50 bits per heavy atom. The first-order valence-electron chi connectivity index (χ1n) is 6.36. The zero-order valence-corrected chi connectivity index (χ0v) is 11.9. The van der Waals surface area contributed by atoms with E-state index < -0.39 is 18.1 Å². The van der Waals surface area contributed by atoms with Gasteiger partial charge in [0.2, 0.25) is 5.91 Å². The third-order valence-electron chi connectivity index (χ3n) is 3.52. The highest BCUT2D eigenvalue weighted by Crippen LogP contribution is 2.32. The summed E-state index contributed by atoms with van der Waals surface area (Å²) in [6, 6.07) is -1.34. The van der Waals surface area contributed by atoms with E-state index in [1.165, 1.54) is 16.7 Å². The summed E-state index contributed by atoms with van der Waals surface area (Å²) in [5.41, 5.74) is 5.94. The van der Waals surface area contributed by atoms with Crippen LogP contribution in [0.1, 0.15) is 33.6 Å². The lowest BCUT2D eigenvalue weighted by Crippen LogP contribution is -2.53. The first kappa shape index (κ1) is 15.3. The van der Waals surface area contributed by atoms with Crippen LogP contribution in [0.3, 0.4) is 0 Å². The van der Waals surface area contributed by atoms with Gasteiger partial charge in [-0.2, -0.15) is 0 Å². The molecule has 1 fully saturated rings. The van der Waals surface area contributed by atoms with Crippen molar-refractivity contribution in [3.8, 4) is 0 Å². The Bertz CT molecular complexity index is 324. The van der Waals surface area contributed by atoms with Crippen LogP contribution in [0.4, 0.5) is 0 Å². The molecule has 4 atom stereocenters. The summed E-state index contributed by atoms with van der Waals surface area (Å²) in [5.74, 6) is -0.654. The summed E-state index contributed by atoms with van der Waals surface area (Å²) in [6.07, 6.45) is 1.55. The predicted molar refractivity (Wildman–Crippen MR) is 72.2 cm³/mol. The number of carboxylic acids is 1. The lowest BCUT2D eigenvalue weighted by molar-refractivity contribution is -0.150. The summed E-state index contributed by atoms with van der Waals surface area (Å²) < 4.78 is 0. The Morgan fingerprint density at radius 2 is 2.11 bits per heavy atom. The van der Waals surface area contributed by atoms with E-state index in [1.54, 1.807) is 0 Å². The van der Waals surface area contributed by atoms with Crippen LogP contribution in [0.2, 0.25) is 0 Å². The summed E-state index contributed by atoms with van der Waals surface area (Å²) in [5, 5.41) is 9.11. The maximum atomic E-state index is 12.4. The maximum Gasteiger partial charge on any atom is 0.327 e. The van der Waals surface area contributed by atoms with Crippen LogP contribution >= 0.6 is 11.8 Å². The van der Waals surface area contributed by atoms with Crippen LogP contribution < -0.4 is 5.73 Å². The van der Waals surface area contributed by atoms with E-state index in [1.807, 2.05) is 20.8 Å². The molecule has 1 aliphatic rings. The van der Waals surface area contributed by atoms with Gasteiger partial charge in [-0.1, -0.05) is 27.2 Å². The second kappa shape index (κ2) is 6.43. The average Bonchev–Trinajstić information content (AvgIpc) is 2.79. The molecule has 1 rings (SSSR count). The van der Waals surface area contributed by atoms with Gasteiger partial charge in [0, 0.05) is 5.75 Å². The van der Waals surface area contributed by atoms with Crippen molar-refractivity contribution < 1.29 is 14.7 Å². The number of thioether (sulfide) groups is 1. The second-order valence-electron chi connectivity index (χ2n) is 4.71. The van der Waals surface area contributed by atoms with Gasteiger partial charge in [-0.25, -0.2) is 4.79 Å². The van der Waals surface area contributed by atoms with E-state index in [2.05, 4.69) is 0 Å². The fourth-order valence-corrected chi connectivity index (χ4v) is 3.39. The van der Waals surface area contributed by atoms with E-state index in [4.69, 9.17) is 5.73 Å². The first-order chi connectivity index (χ1) is 8.43. The number of rotatable bonds is 5. The van der Waals surface area contributed by atoms with E-state index >= 15 is 0 Å². The highest BCUT2D eigenvalue weighted by molar-refractivity contribution is 8.00. The Kier molecular flexibility index (Phi) is 5.47. The molecule has 1 aliphatic heterocycles. The molecule has 1 amide bonds. The van der Waals surface area contributed by atoms with E-state index in [0.29, 0.717) is 5.75 Å². The Hall–Kier alpha value is -0.750. The van der Waals surface area contributed by atoms with E-state index in [0.717, 1.165) is 12.8 Å². The minimum atomic E-state index is -0.942. The predicted octanol–water partition coefficient (Wildman–Crippen LogP) is 1.12. The average molecular weight is 274 g/mol. The molecule has 104 valence electrons. The summed E-state index contributed by atoms with van der Waals surface area (Å²) >= 11 is 1.52. The van der Waals surface area contributed by atoms with Gasteiger partial charge in [0.05, 0.1) is 11.4 Å². The van der Waals surface area contributed by atoms with Crippen molar-refractivity contribution in [2.24, 2.45) is 11.7 Å². The quantitative estimate of drug-likeness (QED) is 0.785. The van der Waals surface area contributed by atoms with Crippen molar-refractivity contribution in [1.82, 2.24) is 4.90 Å². The third-order valence-corrected chi connectivity index (χ3v) is 4.98. The normalized spacial score (nSPS) is 27.0. The van der Waals surface area contributed by atoms with Crippen LogP contribution in [0.5, 0.6) is 0 Å². The molecule has 0 saturated carbocycles. The van der Waals surface area contributed by atoms with Crippen LogP contribution in [-0.2, 0) is 9.59 Å². The van der Waals surface area contributed by atoms with Gasteiger partial charge >= 0.3 is 5.97 Å². The van der Waals surface area contributed by atoms with Gasteiger partial charge in [0.25, 0.3) is 0 Å². The van der Waals surface area contributed by atoms with Gasteiger partial charge in [0.15, 0.2) is 0 Å². The number of nitrogens with zero attached hydrogens (tertiary/aromatic N) is 1. The lowest BCUT2D eigenvalue weighted by Gasteiger charge is -2.31. The minimum absolute atomic E-state index is 0.0614. The molecule has 5 nitrogen and oxygen atoms in total. The molecule has 0 aromatic carbocycles. The van der Waals surface area contributed by atoms with Crippen molar-refractivity contribution in [2.45, 2.75) is 51.1 Å². The van der Waals surface area contributed by atoms with E-state index in [9.17, 15) is 14.7 Å². The fraction of sp³-hybridized carbons (Fsp3) is 0.833. The number of nitrogens with two attached hydrogens (primary N) is 1. The van der Waals surface area contributed by atoms with Gasteiger partial charge < -0.3 is 15.7 Å². The molecule has 0 aliphatic carbocycles. The summed E-state index contributed by atoms with van der Waals surface area (Å²) in [7, 11) is 0. The van der Waals surface area contributed by atoms with Crippen molar-refractivity contribution >= 4 is 23.6 Å². The summed E-state index contributed by atoms with van der Waals surface area (Å²) in [4.78, 5) is 25.0. The van der Waals surface area contributed by atoms with Gasteiger partial charge in [-0.05, 0) is 12.3 Å². The molecule has 0 aromatic heterocycles. The van der Waals surface area contributed by atoms with Crippen LogP contribution in [0, 0.1) is 5.92 Å². The monoisotopic (exact) mass is 274 g/mol. The molecule has 0 spiro atoms. The van der Waals surface area contributed by atoms with Crippen molar-refractivity contribution in [2.75, 3.05) is 5.75 Å². The molecule has 0 bridgehead atoms. The summed E-state index contributed by atoms with van der Waals surface area (Å²) in [6.45, 7) is 5.85. The highest BCUT2D eigenvalue weighted by atomic mass is 32.2. The van der Waals surface area contributed by atoms with Gasteiger partial charge in [0.1, 0.15) is 6.04 Å². The molecule has 1 heterocycles. The number of carbonyl (C=O) groups is 2. The Labute approximate surface area is 112 Å². The van der Waals surface area contributed by atoms with Gasteiger partial charge in [-0.15, -0.1) is 11.8 Å². The lowest BCUT2D eigenvalue weighted by atomic mass is 9.98. The molecule has 2 unspecified atom stereocenters. The van der Waals surface area contributed by atoms with Crippen molar-refractivity contribution in [3.05, 3.63) is 0 Å². The SMILES string of the molecule is CCC1SCC(C(=O)O)N1C(=O)[C@@H](N)[C@@H](C)CC. The Balaban J connectivity index is 2.87. The number of hydrogen-bond acceptors (Lipinski definition) is 4. The minimum Gasteiger partial charge on any atom is -0.480 e. The van der Waals surface area contributed by atoms with Crippen LogP contribution in [-0.4, -0.2) is 45.1 Å². The number of carbonyl (C=O) groups excluding carboxylic acids is 1. The third kappa shape index (κ3) is 2.98. The number of amides is 1. The zero-order valence-electron chi connectivity index (χ0n) is 11.1. The molecule has 1 saturated heterocycles. The number of hydrogen-bond donors (Lipinski definition) is 2. The maximum absolute atomic E-state index is 12.4.